The zero-order valence-electron chi connectivity index (χ0n) is 15.4. The Morgan fingerprint density at radius 3 is 2.62 bits per heavy atom. The van der Waals surface area contributed by atoms with Crippen molar-refractivity contribution in [2.24, 2.45) is 11.3 Å². The lowest BCUT2D eigenvalue weighted by molar-refractivity contribution is -0.339. The molecule has 7 nitrogen and oxygen atoms in total. The minimum Gasteiger partial charge on any atom is -0.460 e. The van der Waals surface area contributed by atoms with E-state index in [1.165, 1.54) is 0 Å². The van der Waals surface area contributed by atoms with E-state index < -0.39 is 5.97 Å². The van der Waals surface area contributed by atoms with Crippen LogP contribution in [0.1, 0.15) is 47.0 Å². The van der Waals surface area contributed by atoms with E-state index in [-0.39, 0.29) is 24.5 Å². The number of ether oxygens (including phenoxy) is 1. The third-order valence-electron chi connectivity index (χ3n) is 3.47. The van der Waals surface area contributed by atoms with Crippen LogP contribution in [0.15, 0.2) is 12.7 Å². The van der Waals surface area contributed by atoms with Gasteiger partial charge in [0.05, 0.1) is 0 Å². The van der Waals surface area contributed by atoms with Gasteiger partial charge < -0.3 is 10.1 Å². The number of carbonyl (C=O) groups is 2. The van der Waals surface area contributed by atoms with E-state index in [0.29, 0.717) is 25.4 Å². The molecule has 0 aliphatic heterocycles. The van der Waals surface area contributed by atoms with E-state index in [9.17, 15) is 9.59 Å². The highest BCUT2D eigenvalue weighted by Gasteiger charge is 2.21. The largest absolute Gasteiger partial charge is 0.460 e. The number of hydrogen-bond acceptors (Lipinski definition) is 6. The van der Waals surface area contributed by atoms with E-state index in [1.54, 1.807) is 0 Å². The summed E-state index contributed by atoms with van der Waals surface area (Å²) in [6.45, 7) is 13.2. The van der Waals surface area contributed by atoms with Crippen molar-refractivity contribution in [1.29, 1.82) is 0 Å². The standard InChI is InChI=1S/C17H32N2O5/c1-6-15(20)18-13-14(3)12-17(4,5)8-9-19-24-23-11-10-22-16(21)7-2/h7,14,19H,2,6,8-13H2,1,3-5H3,(H,18,20). The first-order chi connectivity index (χ1) is 11.3. The van der Waals surface area contributed by atoms with Crippen LogP contribution in [0, 0.1) is 11.3 Å². The number of nitrogens with one attached hydrogen (secondary N) is 2. The lowest BCUT2D eigenvalue weighted by Gasteiger charge is -2.28. The van der Waals surface area contributed by atoms with Crippen molar-refractivity contribution in [1.82, 2.24) is 10.8 Å². The zero-order chi connectivity index (χ0) is 18.4. The maximum Gasteiger partial charge on any atom is 0.330 e. The van der Waals surface area contributed by atoms with Gasteiger partial charge in [0.15, 0.2) is 0 Å². The number of hydrogen-bond donors (Lipinski definition) is 2. The summed E-state index contributed by atoms with van der Waals surface area (Å²) in [6.07, 6.45) is 3.50. The fourth-order valence-corrected chi connectivity index (χ4v) is 2.28. The normalized spacial score (nSPS) is 12.5. The molecule has 0 aliphatic rings. The Kier molecular flexibility index (Phi) is 12.1. The van der Waals surface area contributed by atoms with Crippen LogP contribution in [0.3, 0.4) is 0 Å². The van der Waals surface area contributed by atoms with E-state index in [2.05, 4.69) is 38.1 Å². The van der Waals surface area contributed by atoms with Gasteiger partial charge >= 0.3 is 5.97 Å². The van der Waals surface area contributed by atoms with Crippen LogP contribution < -0.4 is 10.8 Å². The summed E-state index contributed by atoms with van der Waals surface area (Å²) >= 11 is 0. The molecule has 2 N–H and O–H groups in total. The number of carbonyl (C=O) groups excluding carboxylic acids is 2. The molecule has 1 unspecified atom stereocenters. The monoisotopic (exact) mass is 344 g/mol. The maximum atomic E-state index is 11.3. The lowest BCUT2D eigenvalue weighted by atomic mass is 9.80. The van der Waals surface area contributed by atoms with E-state index >= 15 is 0 Å². The highest BCUT2D eigenvalue weighted by molar-refractivity contribution is 5.81. The molecule has 140 valence electrons. The molecular weight excluding hydrogens is 312 g/mol. The van der Waals surface area contributed by atoms with Crippen LogP contribution >= 0.6 is 0 Å². The fraction of sp³-hybridized carbons (Fsp3) is 0.765. The van der Waals surface area contributed by atoms with Crippen molar-refractivity contribution in [3.05, 3.63) is 12.7 Å². The van der Waals surface area contributed by atoms with Crippen LogP contribution in [0.25, 0.3) is 0 Å². The highest BCUT2D eigenvalue weighted by Crippen LogP contribution is 2.28. The van der Waals surface area contributed by atoms with Crippen LogP contribution in [0.2, 0.25) is 0 Å². The van der Waals surface area contributed by atoms with Gasteiger partial charge in [-0.25, -0.2) is 9.68 Å². The zero-order valence-corrected chi connectivity index (χ0v) is 15.4. The second-order valence-electron chi connectivity index (χ2n) is 6.55. The molecule has 0 aromatic carbocycles. The second kappa shape index (κ2) is 12.9. The van der Waals surface area contributed by atoms with Crippen molar-refractivity contribution >= 4 is 11.9 Å². The first-order valence-electron chi connectivity index (χ1n) is 8.38. The SMILES string of the molecule is C=CC(=O)OCCOONCCC(C)(C)CC(C)CNC(=O)CC. The molecule has 0 fully saturated rings. The quantitative estimate of drug-likeness (QED) is 0.165. The number of esters is 1. The Balaban J connectivity index is 3.67. The maximum absolute atomic E-state index is 11.3. The average Bonchev–Trinajstić information content (AvgIpc) is 2.54. The van der Waals surface area contributed by atoms with Crippen LogP contribution in [-0.2, 0) is 24.2 Å². The minimum atomic E-state index is -0.488. The lowest BCUT2D eigenvalue weighted by Crippen LogP contribution is -2.31. The summed E-state index contributed by atoms with van der Waals surface area (Å²) < 4.78 is 4.72. The topological polar surface area (TPSA) is 85.9 Å². The molecule has 0 rings (SSSR count). The molecule has 0 aliphatic carbocycles. The summed E-state index contributed by atoms with van der Waals surface area (Å²) in [5, 5.41) is 2.92. The molecule has 24 heavy (non-hydrogen) atoms. The summed E-state index contributed by atoms with van der Waals surface area (Å²) in [4.78, 5) is 31.7. The molecule has 0 spiro atoms. The predicted molar refractivity (Wildman–Crippen MR) is 91.7 cm³/mol. The average molecular weight is 344 g/mol. The van der Waals surface area contributed by atoms with Crippen molar-refractivity contribution in [3.8, 4) is 0 Å². The Hall–Kier alpha value is -1.44. The molecule has 7 heteroatoms. The van der Waals surface area contributed by atoms with Crippen LogP contribution in [0.5, 0.6) is 0 Å². The van der Waals surface area contributed by atoms with Gasteiger partial charge in [-0.1, -0.05) is 34.3 Å². The van der Waals surface area contributed by atoms with Gasteiger partial charge in [0.1, 0.15) is 13.2 Å². The van der Waals surface area contributed by atoms with Gasteiger partial charge in [-0.05, 0) is 24.2 Å². The number of rotatable bonds is 14. The third kappa shape index (κ3) is 13.0. The third-order valence-corrected chi connectivity index (χ3v) is 3.47. The molecule has 0 saturated carbocycles. The number of amides is 1. The summed E-state index contributed by atoms with van der Waals surface area (Å²) in [5.74, 6) is 0.00964. The Morgan fingerprint density at radius 1 is 1.29 bits per heavy atom. The van der Waals surface area contributed by atoms with Gasteiger partial charge in [-0.3, -0.25) is 4.79 Å². The van der Waals surface area contributed by atoms with Crippen LogP contribution in [-0.4, -0.2) is 38.2 Å². The van der Waals surface area contributed by atoms with Gasteiger partial charge in [0.2, 0.25) is 5.91 Å². The highest BCUT2D eigenvalue weighted by atomic mass is 17.3. The second-order valence-corrected chi connectivity index (χ2v) is 6.55. The van der Waals surface area contributed by atoms with E-state index in [0.717, 1.165) is 18.9 Å². The summed E-state index contributed by atoms with van der Waals surface area (Å²) in [5.41, 5.74) is 2.84. The molecule has 0 saturated heterocycles. The Labute approximate surface area is 145 Å². The fourth-order valence-electron chi connectivity index (χ4n) is 2.28. The van der Waals surface area contributed by atoms with Gasteiger partial charge in [-0.15, -0.1) is 4.99 Å². The van der Waals surface area contributed by atoms with E-state index in [4.69, 9.17) is 14.6 Å². The smallest absolute Gasteiger partial charge is 0.330 e. The Morgan fingerprint density at radius 2 is 2.00 bits per heavy atom. The molecule has 0 radical (unpaired) electrons. The molecule has 0 heterocycles. The summed E-state index contributed by atoms with van der Waals surface area (Å²) in [6, 6.07) is 0. The molecule has 0 aromatic heterocycles. The van der Waals surface area contributed by atoms with Gasteiger partial charge in [-0.2, -0.15) is 5.48 Å². The molecule has 1 atom stereocenters. The van der Waals surface area contributed by atoms with Crippen molar-refractivity contribution in [3.63, 3.8) is 0 Å². The van der Waals surface area contributed by atoms with Gasteiger partial charge in [0.25, 0.3) is 0 Å². The molecule has 0 aromatic rings. The predicted octanol–water partition coefficient (Wildman–Crippen LogP) is 2.14. The minimum absolute atomic E-state index is 0.0886. The van der Waals surface area contributed by atoms with E-state index in [1.807, 2.05) is 6.92 Å². The summed E-state index contributed by atoms with van der Waals surface area (Å²) in [7, 11) is 0. The first kappa shape index (κ1) is 22.6. The Bertz CT molecular complexity index is 385. The van der Waals surface area contributed by atoms with Gasteiger partial charge in [0, 0.05) is 25.6 Å². The van der Waals surface area contributed by atoms with Crippen molar-refractivity contribution in [2.45, 2.75) is 47.0 Å². The molecule has 0 bridgehead atoms. The molecular formula is C17H32N2O5. The van der Waals surface area contributed by atoms with Crippen LogP contribution in [0.4, 0.5) is 0 Å². The van der Waals surface area contributed by atoms with Crippen molar-refractivity contribution in [2.75, 3.05) is 26.3 Å². The molecule has 1 amide bonds. The van der Waals surface area contributed by atoms with Crippen molar-refractivity contribution < 1.29 is 24.2 Å². The number of hydroxylamine groups is 1. The first-order valence-corrected chi connectivity index (χ1v) is 8.38.